The molecule has 0 aliphatic heterocycles. The number of esters is 1. The van der Waals surface area contributed by atoms with E-state index < -0.39 is 0 Å². The molecule has 3 rings (SSSR count). The maximum absolute atomic E-state index is 11.2. The molecule has 5 nitrogen and oxygen atoms in total. The minimum atomic E-state index is -0.348. The van der Waals surface area contributed by atoms with Gasteiger partial charge in [0.05, 0.1) is 6.61 Å². The third kappa shape index (κ3) is 5.94. The fourth-order valence-corrected chi connectivity index (χ4v) is 2.58. The molecule has 0 N–H and O–H groups in total. The molecule has 0 atom stereocenters. The van der Waals surface area contributed by atoms with Gasteiger partial charge in [0.15, 0.2) is 0 Å². The first-order valence-corrected chi connectivity index (χ1v) is 9.42. The highest BCUT2D eigenvalue weighted by Crippen LogP contribution is 2.22. The molecule has 0 aliphatic rings. The summed E-state index contributed by atoms with van der Waals surface area (Å²) >= 11 is 0. The standard InChI is InChI=1S/C24H23NO4/c1-3-27-23(26)12-8-7-9-19-13-15-21(16-14-19)28-17-22-18(2)29-24(25-22)20-10-5-4-6-11-20/h4-16H,3,17H2,1-2H3/b9-7+,12-8+. The Morgan fingerprint density at radius 2 is 1.83 bits per heavy atom. The molecule has 0 fully saturated rings. The zero-order valence-electron chi connectivity index (χ0n) is 16.5. The van der Waals surface area contributed by atoms with Crippen LogP contribution >= 0.6 is 0 Å². The normalized spacial score (nSPS) is 11.2. The monoisotopic (exact) mass is 389 g/mol. The Hall–Kier alpha value is -3.60. The summed E-state index contributed by atoms with van der Waals surface area (Å²) in [7, 11) is 0. The maximum atomic E-state index is 11.2. The van der Waals surface area contributed by atoms with E-state index in [9.17, 15) is 4.79 Å². The van der Waals surface area contributed by atoms with Crippen LogP contribution in [-0.4, -0.2) is 17.6 Å². The highest BCUT2D eigenvalue weighted by molar-refractivity contribution is 5.82. The zero-order valence-corrected chi connectivity index (χ0v) is 16.5. The summed E-state index contributed by atoms with van der Waals surface area (Å²) in [6.45, 7) is 4.36. The van der Waals surface area contributed by atoms with Gasteiger partial charge in [0.2, 0.25) is 5.89 Å². The molecule has 0 saturated heterocycles. The van der Waals surface area contributed by atoms with Gasteiger partial charge in [0.1, 0.15) is 23.8 Å². The third-order valence-corrected chi connectivity index (χ3v) is 4.09. The molecular weight excluding hydrogens is 366 g/mol. The molecule has 2 aromatic carbocycles. The number of ether oxygens (including phenoxy) is 2. The summed E-state index contributed by atoms with van der Waals surface area (Å²) in [6.07, 6.45) is 6.73. The number of oxazole rings is 1. The molecule has 0 radical (unpaired) electrons. The summed E-state index contributed by atoms with van der Waals surface area (Å²) in [6, 6.07) is 17.4. The summed E-state index contributed by atoms with van der Waals surface area (Å²) in [4.78, 5) is 15.8. The number of aromatic nitrogens is 1. The van der Waals surface area contributed by atoms with Crippen LogP contribution in [0.5, 0.6) is 5.75 Å². The molecule has 29 heavy (non-hydrogen) atoms. The lowest BCUT2D eigenvalue weighted by molar-refractivity contribution is -0.137. The van der Waals surface area contributed by atoms with Gasteiger partial charge in [0, 0.05) is 11.6 Å². The number of carbonyl (C=O) groups excluding carboxylic acids is 1. The van der Waals surface area contributed by atoms with Gasteiger partial charge >= 0.3 is 5.97 Å². The predicted octanol–water partition coefficient (Wildman–Crippen LogP) is 5.36. The predicted molar refractivity (Wildman–Crippen MR) is 112 cm³/mol. The highest BCUT2D eigenvalue weighted by atomic mass is 16.5. The van der Waals surface area contributed by atoms with Gasteiger partial charge in [-0.1, -0.05) is 48.6 Å². The fourth-order valence-electron chi connectivity index (χ4n) is 2.58. The molecule has 0 amide bonds. The zero-order chi connectivity index (χ0) is 20.5. The summed E-state index contributed by atoms with van der Waals surface area (Å²) in [5, 5.41) is 0. The fraction of sp³-hybridized carbons (Fsp3) is 0.167. The minimum absolute atomic E-state index is 0.333. The Balaban J connectivity index is 1.55. The van der Waals surface area contributed by atoms with E-state index in [1.165, 1.54) is 6.08 Å². The van der Waals surface area contributed by atoms with Crippen LogP contribution in [0.2, 0.25) is 0 Å². The van der Waals surface area contributed by atoms with Crippen molar-refractivity contribution >= 4 is 12.0 Å². The van der Waals surface area contributed by atoms with Gasteiger partial charge in [0.25, 0.3) is 0 Å². The number of hydrogen-bond acceptors (Lipinski definition) is 5. The summed E-state index contributed by atoms with van der Waals surface area (Å²) in [5.41, 5.74) is 2.71. The van der Waals surface area contributed by atoms with Crippen molar-refractivity contribution in [2.45, 2.75) is 20.5 Å². The van der Waals surface area contributed by atoms with Crippen molar-refractivity contribution in [3.8, 4) is 17.2 Å². The van der Waals surface area contributed by atoms with Crippen molar-refractivity contribution in [3.63, 3.8) is 0 Å². The van der Waals surface area contributed by atoms with E-state index in [1.54, 1.807) is 19.1 Å². The van der Waals surface area contributed by atoms with E-state index in [-0.39, 0.29) is 5.97 Å². The number of carbonyl (C=O) groups is 1. The molecule has 148 valence electrons. The van der Waals surface area contributed by atoms with Gasteiger partial charge in [-0.15, -0.1) is 0 Å². The lowest BCUT2D eigenvalue weighted by Gasteiger charge is -2.04. The molecule has 0 bridgehead atoms. The number of allylic oxidation sites excluding steroid dienone is 2. The van der Waals surface area contributed by atoms with Crippen molar-refractivity contribution in [2.75, 3.05) is 6.61 Å². The Kier molecular flexibility index (Phi) is 7.00. The lowest BCUT2D eigenvalue weighted by atomic mass is 10.2. The highest BCUT2D eigenvalue weighted by Gasteiger charge is 2.11. The molecule has 0 spiro atoms. The number of hydrogen-bond donors (Lipinski definition) is 0. The quantitative estimate of drug-likeness (QED) is 0.295. The molecular formula is C24H23NO4. The van der Waals surface area contributed by atoms with Crippen molar-refractivity contribution < 1.29 is 18.7 Å². The molecule has 0 saturated carbocycles. The molecule has 0 unspecified atom stereocenters. The Labute approximate surface area is 170 Å². The summed E-state index contributed by atoms with van der Waals surface area (Å²) < 4.78 is 16.4. The Morgan fingerprint density at radius 1 is 1.07 bits per heavy atom. The lowest BCUT2D eigenvalue weighted by Crippen LogP contribution is -1.98. The van der Waals surface area contributed by atoms with Crippen molar-refractivity contribution in [2.24, 2.45) is 0 Å². The van der Waals surface area contributed by atoms with Crippen LogP contribution < -0.4 is 4.74 Å². The first-order valence-electron chi connectivity index (χ1n) is 9.42. The van der Waals surface area contributed by atoms with Gasteiger partial charge in [-0.05, 0) is 43.7 Å². The van der Waals surface area contributed by atoms with E-state index >= 15 is 0 Å². The van der Waals surface area contributed by atoms with Crippen LogP contribution in [0.15, 0.2) is 77.2 Å². The van der Waals surface area contributed by atoms with Crippen LogP contribution in [0.1, 0.15) is 23.9 Å². The SMILES string of the molecule is CCOC(=O)/C=C/C=C/c1ccc(OCc2nc(-c3ccccc3)oc2C)cc1. The minimum Gasteiger partial charge on any atom is -0.487 e. The van der Waals surface area contributed by atoms with Crippen LogP contribution in [-0.2, 0) is 16.1 Å². The number of benzene rings is 2. The van der Waals surface area contributed by atoms with Gasteiger partial charge in [-0.2, -0.15) is 0 Å². The smallest absolute Gasteiger partial charge is 0.330 e. The summed E-state index contributed by atoms with van der Waals surface area (Å²) in [5.74, 6) is 1.74. The topological polar surface area (TPSA) is 61.6 Å². The van der Waals surface area contributed by atoms with E-state index in [1.807, 2.05) is 67.6 Å². The van der Waals surface area contributed by atoms with Crippen LogP contribution in [0.25, 0.3) is 17.5 Å². The van der Waals surface area contributed by atoms with E-state index in [0.717, 1.165) is 28.3 Å². The average molecular weight is 389 g/mol. The van der Waals surface area contributed by atoms with E-state index in [2.05, 4.69) is 4.98 Å². The van der Waals surface area contributed by atoms with Crippen LogP contribution in [0.4, 0.5) is 0 Å². The van der Waals surface area contributed by atoms with Crippen molar-refractivity contribution in [1.82, 2.24) is 4.98 Å². The average Bonchev–Trinajstić information content (AvgIpc) is 3.12. The molecule has 3 aromatic rings. The van der Waals surface area contributed by atoms with Gasteiger partial charge in [-0.3, -0.25) is 0 Å². The van der Waals surface area contributed by atoms with E-state index in [4.69, 9.17) is 13.9 Å². The second kappa shape index (κ2) is 10.1. The van der Waals surface area contributed by atoms with Gasteiger partial charge < -0.3 is 13.9 Å². The van der Waals surface area contributed by atoms with Crippen LogP contribution in [0.3, 0.4) is 0 Å². The number of nitrogens with zero attached hydrogens (tertiary/aromatic N) is 1. The van der Waals surface area contributed by atoms with Crippen molar-refractivity contribution in [1.29, 1.82) is 0 Å². The van der Waals surface area contributed by atoms with E-state index in [0.29, 0.717) is 19.1 Å². The number of aryl methyl sites for hydroxylation is 1. The maximum Gasteiger partial charge on any atom is 0.330 e. The second-order valence-corrected chi connectivity index (χ2v) is 6.22. The van der Waals surface area contributed by atoms with Crippen LogP contribution in [0, 0.1) is 6.92 Å². The first kappa shape index (κ1) is 20.1. The molecule has 5 heteroatoms. The molecule has 0 aliphatic carbocycles. The largest absolute Gasteiger partial charge is 0.487 e. The third-order valence-electron chi connectivity index (χ3n) is 4.09. The second-order valence-electron chi connectivity index (χ2n) is 6.22. The van der Waals surface area contributed by atoms with Gasteiger partial charge in [-0.25, -0.2) is 9.78 Å². The Bertz CT molecular complexity index is 985. The van der Waals surface area contributed by atoms with Crippen molar-refractivity contribution in [3.05, 3.63) is 89.8 Å². The number of rotatable bonds is 8. The molecule has 1 aromatic heterocycles. The molecule has 1 heterocycles. The first-order chi connectivity index (χ1) is 14.2. The Morgan fingerprint density at radius 3 is 2.55 bits per heavy atom.